The third-order valence-corrected chi connectivity index (χ3v) is 6.28. The molecule has 3 heterocycles. The van der Waals surface area contributed by atoms with Gasteiger partial charge in [0, 0.05) is 31.2 Å². The van der Waals surface area contributed by atoms with Gasteiger partial charge in [0.15, 0.2) is 11.5 Å². The molecule has 0 radical (unpaired) electrons. The van der Waals surface area contributed by atoms with E-state index in [0.29, 0.717) is 23.5 Å². The molecule has 1 aromatic carbocycles. The summed E-state index contributed by atoms with van der Waals surface area (Å²) in [7, 11) is 0. The van der Waals surface area contributed by atoms with Gasteiger partial charge in [0.05, 0.1) is 5.69 Å². The molecule has 0 bridgehead atoms. The zero-order valence-electron chi connectivity index (χ0n) is 19.1. The quantitative estimate of drug-likeness (QED) is 0.658. The Morgan fingerprint density at radius 2 is 1.91 bits per heavy atom. The van der Waals surface area contributed by atoms with E-state index in [-0.39, 0.29) is 11.3 Å². The van der Waals surface area contributed by atoms with Crippen molar-refractivity contribution in [3.8, 4) is 11.4 Å². The van der Waals surface area contributed by atoms with Gasteiger partial charge in [-0.2, -0.15) is 4.98 Å². The molecule has 1 N–H and O–H groups in total. The Hall–Kier alpha value is -3.00. The minimum absolute atomic E-state index is 0.204. The molecule has 1 fully saturated rings. The second kappa shape index (κ2) is 7.85. The van der Waals surface area contributed by atoms with E-state index in [4.69, 9.17) is 9.51 Å². The second-order valence-electron chi connectivity index (χ2n) is 9.90. The summed E-state index contributed by atoms with van der Waals surface area (Å²) < 4.78 is 7.64. The molecule has 8 heteroatoms. The van der Waals surface area contributed by atoms with E-state index in [9.17, 15) is 4.79 Å². The summed E-state index contributed by atoms with van der Waals surface area (Å²) in [6, 6.07) is 10.3. The predicted octanol–water partition coefficient (Wildman–Crippen LogP) is 3.74. The van der Waals surface area contributed by atoms with Crippen LogP contribution in [-0.2, 0) is 13.1 Å². The molecule has 1 aliphatic carbocycles. The van der Waals surface area contributed by atoms with Crippen molar-refractivity contribution in [2.75, 3.05) is 6.54 Å². The molecule has 3 aromatic rings. The molecule has 8 nitrogen and oxygen atoms in total. The summed E-state index contributed by atoms with van der Waals surface area (Å²) in [5.41, 5.74) is 2.18. The third-order valence-electron chi connectivity index (χ3n) is 6.28. The average molecular weight is 435 g/mol. The van der Waals surface area contributed by atoms with Crippen molar-refractivity contribution in [2.24, 2.45) is 5.41 Å². The summed E-state index contributed by atoms with van der Waals surface area (Å²) in [5, 5.41) is 7.07. The number of fused-ring (bicyclic) bond motifs is 1. The molecule has 1 unspecified atom stereocenters. The van der Waals surface area contributed by atoms with Crippen molar-refractivity contribution in [1.29, 1.82) is 0 Å². The number of carbonyl (C=O) groups excluding carboxylic acids is 1. The number of rotatable bonds is 5. The largest absolute Gasteiger partial charge is 0.338 e. The van der Waals surface area contributed by atoms with Crippen LogP contribution in [0, 0.1) is 12.3 Å². The van der Waals surface area contributed by atoms with E-state index in [0.717, 1.165) is 36.7 Å². The molecule has 1 atom stereocenters. The lowest BCUT2D eigenvalue weighted by Crippen LogP contribution is -2.39. The van der Waals surface area contributed by atoms with Crippen LogP contribution in [0.3, 0.4) is 0 Å². The van der Waals surface area contributed by atoms with Crippen LogP contribution in [-0.4, -0.2) is 43.1 Å². The predicted molar refractivity (Wildman–Crippen MR) is 120 cm³/mol. The van der Waals surface area contributed by atoms with Crippen molar-refractivity contribution < 1.29 is 9.32 Å². The number of benzene rings is 1. The Kier molecular flexibility index (Phi) is 5.12. The monoisotopic (exact) mass is 434 g/mol. The van der Waals surface area contributed by atoms with Crippen molar-refractivity contribution >= 4 is 5.91 Å². The van der Waals surface area contributed by atoms with Gasteiger partial charge >= 0.3 is 0 Å². The maximum atomic E-state index is 13.6. The van der Waals surface area contributed by atoms with Crippen LogP contribution in [0.4, 0.5) is 0 Å². The summed E-state index contributed by atoms with van der Waals surface area (Å²) in [6.07, 6.45) is 2.48. The van der Waals surface area contributed by atoms with Gasteiger partial charge < -0.3 is 14.4 Å². The molecule has 168 valence electrons. The minimum atomic E-state index is -0.420. The molecule has 5 rings (SSSR count). The highest BCUT2D eigenvalue weighted by molar-refractivity contribution is 5.94. The summed E-state index contributed by atoms with van der Waals surface area (Å²) in [6.45, 7) is 10.5. The fraction of sp³-hybridized carbons (Fsp3) is 0.500. The van der Waals surface area contributed by atoms with Gasteiger partial charge in [-0.3, -0.25) is 9.69 Å². The molecule has 0 saturated heterocycles. The minimum Gasteiger partial charge on any atom is -0.338 e. The summed E-state index contributed by atoms with van der Waals surface area (Å²) >= 11 is 0. The highest BCUT2D eigenvalue weighted by atomic mass is 16.5. The zero-order chi connectivity index (χ0) is 22.5. The van der Waals surface area contributed by atoms with Crippen LogP contribution in [0.1, 0.15) is 67.6 Å². The van der Waals surface area contributed by atoms with Gasteiger partial charge in [0.1, 0.15) is 11.9 Å². The molecular formula is C24H30N6O2. The lowest BCUT2D eigenvalue weighted by molar-refractivity contribution is 0.0872. The highest BCUT2D eigenvalue weighted by Crippen LogP contribution is 2.35. The first-order chi connectivity index (χ1) is 15.3. The topological polar surface area (TPSA) is 89.1 Å². The zero-order valence-corrected chi connectivity index (χ0v) is 19.1. The van der Waals surface area contributed by atoms with Gasteiger partial charge in [-0.25, -0.2) is 4.98 Å². The number of hydrogen-bond donors (Lipinski definition) is 1. The van der Waals surface area contributed by atoms with Crippen LogP contribution < -0.4 is 5.32 Å². The normalized spacial score (nSPS) is 17.8. The van der Waals surface area contributed by atoms with E-state index in [2.05, 4.69) is 24.9 Å². The number of nitrogens with one attached hydrogen (secondary N) is 1. The Bertz CT molecular complexity index is 1120. The fourth-order valence-electron chi connectivity index (χ4n) is 4.41. The van der Waals surface area contributed by atoms with Crippen LogP contribution in [0.25, 0.3) is 11.4 Å². The van der Waals surface area contributed by atoms with Crippen molar-refractivity contribution in [3.05, 3.63) is 53.4 Å². The first-order valence-corrected chi connectivity index (χ1v) is 11.3. The highest BCUT2D eigenvalue weighted by Gasteiger charge is 2.37. The molecule has 2 aromatic heterocycles. The smallest absolute Gasteiger partial charge is 0.272 e. The van der Waals surface area contributed by atoms with Gasteiger partial charge in [-0.05, 0) is 25.2 Å². The standard InChI is InChI=1S/C24H30N6O2/c1-15-25-23(32-28-15)20(24(2,3)4)27-22(31)19-18-14-29(17-10-11-17)12-13-30(18)21(26-19)16-8-6-5-7-9-16/h5-9,17,20H,10-14H2,1-4H3,(H,27,31). The SMILES string of the molecule is Cc1noc(C(NC(=O)c2nc(-c3ccccc3)n3c2CN(C2CC2)CC3)C(C)(C)C)n1. The summed E-state index contributed by atoms with van der Waals surface area (Å²) in [4.78, 5) is 25.3. The van der Waals surface area contributed by atoms with Crippen LogP contribution in [0.15, 0.2) is 34.9 Å². The van der Waals surface area contributed by atoms with Crippen LogP contribution in [0.2, 0.25) is 0 Å². The Balaban J connectivity index is 1.51. The number of nitrogens with zero attached hydrogens (tertiary/aromatic N) is 5. The Labute approximate surface area is 188 Å². The first-order valence-electron chi connectivity index (χ1n) is 11.3. The number of aryl methyl sites for hydroxylation is 1. The number of carbonyl (C=O) groups is 1. The molecule has 1 aliphatic heterocycles. The Morgan fingerprint density at radius 3 is 2.53 bits per heavy atom. The maximum Gasteiger partial charge on any atom is 0.272 e. The summed E-state index contributed by atoms with van der Waals surface area (Å²) in [5.74, 6) is 1.61. The number of hydrogen-bond acceptors (Lipinski definition) is 6. The maximum absolute atomic E-state index is 13.6. The van der Waals surface area contributed by atoms with E-state index < -0.39 is 6.04 Å². The second-order valence-corrected chi connectivity index (χ2v) is 9.90. The van der Waals surface area contributed by atoms with E-state index in [1.165, 1.54) is 12.8 Å². The van der Waals surface area contributed by atoms with Crippen LogP contribution >= 0.6 is 0 Å². The fourth-order valence-corrected chi connectivity index (χ4v) is 4.41. The molecule has 1 amide bonds. The van der Waals surface area contributed by atoms with E-state index >= 15 is 0 Å². The number of imidazole rings is 1. The van der Waals surface area contributed by atoms with Crippen molar-refractivity contribution in [2.45, 2.75) is 65.7 Å². The lowest BCUT2D eigenvalue weighted by Gasteiger charge is -2.30. The third kappa shape index (κ3) is 3.95. The Morgan fingerprint density at radius 1 is 1.16 bits per heavy atom. The van der Waals surface area contributed by atoms with Crippen molar-refractivity contribution in [1.82, 2.24) is 29.9 Å². The molecular weight excluding hydrogens is 404 g/mol. The number of aromatic nitrogens is 4. The molecule has 2 aliphatic rings. The van der Waals surface area contributed by atoms with Crippen LogP contribution in [0.5, 0.6) is 0 Å². The van der Waals surface area contributed by atoms with Gasteiger partial charge in [-0.1, -0.05) is 56.3 Å². The molecule has 32 heavy (non-hydrogen) atoms. The molecule has 1 saturated carbocycles. The van der Waals surface area contributed by atoms with Gasteiger partial charge in [-0.15, -0.1) is 0 Å². The van der Waals surface area contributed by atoms with E-state index in [1.807, 2.05) is 51.1 Å². The average Bonchev–Trinajstić information content (AvgIpc) is 3.42. The molecule has 0 spiro atoms. The van der Waals surface area contributed by atoms with Gasteiger partial charge in [0.2, 0.25) is 5.89 Å². The van der Waals surface area contributed by atoms with E-state index in [1.54, 1.807) is 6.92 Å². The van der Waals surface area contributed by atoms with Gasteiger partial charge in [0.25, 0.3) is 5.91 Å². The van der Waals surface area contributed by atoms with Crippen molar-refractivity contribution in [3.63, 3.8) is 0 Å². The first kappa shape index (κ1) is 20.9. The lowest BCUT2D eigenvalue weighted by atomic mass is 9.86. The number of amides is 1.